The SMILES string of the molecule is CC(=O)OC(C)C.OCCO. The van der Waals surface area contributed by atoms with Crippen LogP contribution in [0.3, 0.4) is 0 Å². The van der Waals surface area contributed by atoms with Crippen LogP contribution in [0, 0.1) is 0 Å². The summed E-state index contributed by atoms with van der Waals surface area (Å²) in [6.07, 6.45) is 0.0255. The van der Waals surface area contributed by atoms with Crippen molar-refractivity contribution in [1.29, 1.82) is 0 Å². The van der Waals surface area contributed by atoms with Crippen molar-refractivity contribution < 1.29 is 19.7 Å². The van der Waals surface area contributed by atoms with Crippen LogP contribution >= 0.6 is 0 Å². The predicted molar refractivity (Wildman–Crippen MR) is 41.1 cm³/mol. The van der Waals surface area contributed by atoms with Crippen molar-refractivity contribution in [2.24, 2.45) is 0 Å². The van der Waals surface area contributed by atoms with Crippen LogP contribution in [0.15, 0.2) is 0 Å². The Morgan fingerprint density at radius 3 is 1.73 bits per heavy atom. The Kier molecular flexibility index (Phi) is 11.1. The molecule has 0 radical (unpaired) electrons. The highest BCUT2D eigenvalue weighted by atomic mass is 16.5. The molecule has 4 nitrogen and oxygen atoms in total. The molecule has 11 heavy (non-hydrogen) atoms. The quantitative estimate of drug-likeness (QED) is 0.560. The maximum Gasteiger partial charge on any atom is 0.302 e. The van der Waals surface area contributed by atoms with Gasteiger partial charge in [-0.05, 0) is 13.8 Å². The minimum absolute atomic E-state index is 0.0255. The molecule has 0 saturated carbocycles. The van der Waals surface area contributed by atoms with Crippen LogP contribution in [0.25, 0.3) is 0 Å². The highest BCUT2D eigenvalue weighted by Gasteiger charge is 1.93. The largest absolute Gasteiger partial charge is 0.463 e. The highest BCUT2D eigenvalue weighted by molar-refractivity contribution is 5.66. The Bertz CT molecular complexity index is 88.4. The zero-order valence-electron chi connectivity index (χ0n) is 7.20. The van der Waals surface area contributed by atoms with Gasteiger partial charge in [-0.25, -0.2) is 0 Å². The summed E-state index contributed by atoms with van der Waals surface area (Å²) in [6.45, 7) is 4.79. The van der Waals surface area contributed by atoms with Crippen LogP contribution in [-0.2, 0) is 9.53 Å². The van der Waals surface area contributed by atoms with E-state index in [2.05, 4.69) is 4.74 Å². The Labute approximate surface area is 66.8 Å². The minimum atomic E-state index is -0.213. The van der Waals surface area contributed by atoms with Crippen molar-refractivity contribution in [3.05, 3.63) is 0 Å². The third kappa shape index (κ3) is 26.6. The number of aliphatic hydroxyl groups excluding tert-OH is 2. The lowest BCUT2D eigenvalue weighted by atomic mass is 10.5. The molecule has 0 fully saturated rings. The first kappa shape index (κ1) is 13.0. The summed E-state index contributed by atoms with van der Waals surface area (Å²) in [4.78, 5) is 10.0. The topological polar surface area (TPSA) is 66.8 Å². The minimum Gasteiger partial charge on any atom is -0.463 e. The van der Waals surface area contributed by atoms with Crippen LogP contribution in [0.5, 0.6) is 0 Å². The molecule has 0 spiro atoms. The van der Waals surface area contributed by atoms with Crippen molar-refractivity contribution in [2.45, 2.75) is 26.9 Å². The zero-order valence-corrected chi connectivity index (χ0v) is 7.20. The van der Waals surface area contributed by atoms with Crippen LogP contribution in [-0.4, -0.2) is 35.5 Å². The summed E-state index contributed by atoms with van der Waals surface area (Å²) in [7, 11) is 0. The normalized spacial score (nSPS) is 8.55. The molecule has 0 aromatic rings. The van der Waals surface area contributed by atoms with Crippen LogP contribution in [0.2, 0.25) is 0 Å². The molecule has 0 unspecified atom stereocenters. The fraction of sp³-hybridized carbons (Fsp3) is 0.857. The van der Waals surface area contributed by atoms with Crippen LogP contribution in [0.4, 0.5) is 0 Å². The first-order chi connectivity index (χ1) is 5.04. The summed E-state index contributed by atoms with van der Waals surface area (Å²) in [6, 6.07) is 0. The van der Waals surface area contributed by atoms with Gasteiger partial charge in [0.05, 0.1) is 19.3 Å². The monoisotopic (exact) mass is 164 g/mol. The van der Waals surface area contributed by atoms with Gasteiger partial charge in [0.15, 0.2) is 0 Å². The summed E-state index contributed by atoms with van der Waals surface area (Å²) in [5.74, 6) is -0.213. The summed E-state index contributed by atoms with van der Waals surface area (Å²) >= 11 is 0. The molecule has 0 bridgehead atoms. The van der Waals surface area contributed by atoms with E-state index in [4.69, 9.17) is 10.2 Å². The maximum atomic E-state index is 10.0. The van der Waals surface area contributed by atoms with Gasteiger partial charge in [0.1, 0.15) is 0 Å². The smallest absolute Gasteiger partial charge is 0.302 e. The van der Waals surface area contributed by atoms with E-state index in [0.29, 0.717) is 0 Å². The number of carbonyl (C=O) groups is 1. The molecule has 0 aromatic heterocycles. The van der Waals surface area contributed by atoms with Gasteiger partial charge >= 0.3 is 5.97 Å². The Morgan fingerprint density at radius 2 is 1.73 bits per heavy atom. The molecular weight excluding hydrogens is 148 g/mol. The molecule has 4 heteroatoms. The molecule has 0 aliphatic rings. The third-order valence-electron chi connectivity index (χ3n) is 0.502. The van der Waals surface area contributed by atoms with E-state index < -0.39 is 0 Å². The third-order valence-corrected chi connectivity index (χ3v) is 0.502. The molecule has 0 aliphatic carbocycles. The molecule has 2 N–H and O–H groups in total. The van der Waals surface area contributed by atoms with E-state index in [1.165, 1.54) is 6.92 Å². The molecule has 68 valence electrons. The highest BCUT2D eigenvalue weighted by Crippen LogP contribution is 1.85. The summed E-state index contributed by atoms with van der Waals surface area (Å²) < 4.78 is 4.61. The number of rotatable bonds is 2. The van der Waals surface area contributed by atoms with Gasteiger partial charge in [-0.3, -0.25) is 4.79 Å². The van der Waals surface area contributed by atoms with Crippen molar-refractivity contribution >= 4 is 5.97 Å². The van der Waals surface area contributed by atoms with Crippen molar-refractivity contribution in [3.63, 3.8) is 0 Å². The van der Waals surface area contributed by atoms with Gasteiger partial charge in [-0.2, -0.15) is 0 Å². The van der Waals surface area contributed by atoms with Crippen molar-refractivity contribution in [1.82, 2.24) is 0 Å². The second-order valence-corrected chi connectivity index (χ2v) is 2.11. The van der Waals surface area contributed by atoms with E-state index in [1.807, 2.05) is 13.8 Å². The summed E-state index contributed by atoms with van der Waals surface area (Å²) in [5.41, 5.74) is 0. The molecule has 0 aliphatic heterocycles. The van der Waals surface area contributed by atoms with Gasteiger partial charge in [0, 0.05) is 6.92 Å². The summed E-state index contributed by atoms with van der Waals surface area (Å²) in [5, 5.41) is 15.2. The first-order valence-electron chi connectivity index (χ1n) is 3.43. The van der Waals surface area contributed by atoms with E-state index in [0.717, 1.165) is 0 Å². The number of esters is 1. The Balaban J connectivity index is 0. The number of ether oxygens (including phenoxy) is 1. The Morgan fingerprint density at radius 1 is 1.36 bits per heavy atom. The number of hydrogen-bond acceptors (Lipinski definition) is 4. The molecule has 0 heterocycles. The fourth-order valence-electron chi connectivity index (χ4n) is 0.332. The van der Waals surface area contributed by atoms with Gasteiger partial charge in [-0.15, -0.1) is 0 Å². The van der Waals surface area contributed by atoms with Gasteiger partial charge < -0.3 is 14.9 Å². The number of hydrogen-bond donors (Lipinski definition) is 2. The number of carbonyl (C=O) groups excluding carboxylic acids is 1. The lowest BCUT2D eigenvalue weighted by Gasteiger charge is -2.01. The van der Waals surface area contributed by atoms with Gasteiger partial charge in [-0.1, -0.05) is 0 Å². The van der Waals surface area contributed by atoms with Gasteiger partial charge in [0.25, 0.3) is 0 Å². The van der Waals surface area contributed by atoms with E-state index in [9.17, 15) is 4.79 Å². The Hall–Kier alpha value is -0.610. The molecule has 0 atom stereocenters. The molecule has 0 saturated heterocycles. The fourth-order valence-corrected chi connectivity index (χ4v) is 0.332. The van der Waals surface area contributed by atoms with Crippen LogP contribution in [0.1, 0.15) is 20.8 Å². The molecular formula is C7H16O4. The second kappa shape index (κ2) is 9.39. The van der Waals surface area contributed by atoms with Crippen molar-refractivity contribution in [2.75, 3.05) is 13.2 Å². The van der Waals surface area contributed by atoms with Crippen molar-refractivity contribution in [3.8, 4) is 0 Å². The predicted octanol–water partition coefficient (Wildman–Crippen LogP) is -0.0711. The lowest BCUT2D eigenvalue weighted by Crippen LogP contribution is -2.06. The maximum absolute atomic E-state index is 10.0. The van der Waals surface area contributed by atoms with E-state index in [1.54, 1.807) is 0 Å². The number of aliphatic hydroxyl groups is 2. The zero-order chi connectivity index (χ0) is 9.28. The lowest BCUT2D eigenvalue weighted by molar-refractivity contribution is -0.144. The molecule has 0 rings (SSSR count). The first-order valence-corrected chi connectivity index (χ1v) is 3.43. The van der Waals surface area contributed by atoms with Crippen LogP contribution < -0.4 is 0 Å². The average molecular weight is 164 g/mol. The van der Waals surface area contributed by atoms with E-state index >= 15 is 0 Å². The van der Waals surface area contributed by atoms with E-state index in [-0.39, 0.29) is 25.3 Å². The standard InChI is InChI=1S/C5H10O2.C2H6O2/c1-4(2)7-5(3)6;3-1-2-4/h4H,1-3H3;3-4H,1-2H2. The molecule has 0 amide bonds. The molecule has 0 aromatic carbocycles. The van der Waals surface area contributed by atoms with Gasteiger partial charge in [0.2, 0.25) is 0 Å². The second-order valence-electron chi connectivity index (χ2n) is 2.11. The average Bonchev–Trinajstić information content (AvgIpc) is 1.85.